The van der Waals surface area contributed by atoms with E-state index in [1.54, 1.807) is 6.92 Å². The molecule has 0 aromatic carbocycles. The SMILES string of the molecule is CCOC(=O)C1(NC(=O)C(C)Cl)CC2(CC(F)(F)C2)C1. The molecule has 2 rings (SSSR count). The van der Waals surface area contributed by atoms with Gasteiger partial charge in [-0.1, -0.05) is 0 Å². The monoisotopic (exact) mass is 309 g/mol. The molecule has 1 spiro atoms. The van der Waals surface area contributed by atoms with Gasteiger partial charge in [0.25, 0.3) is 0 Å². The quantitative estimate of drug-likeness (QED) is 0.640. The Morgan fingerprint density at radius 2 is 1.85 bits per heavy atom. The third-order valence-electron chi connectivity index (χ3n) is 4.01. The van der Waals surface area contributed by atoms with Crippen molar-refractivity contribution >= 4 is 23.5 Å². The summed E-state index contributed by atoms with van der Waals surface area (Å²) in [5.41, 5.74) is -1.73. The Morgan fingerprint density at radius 1 is 1.30 bits per heavy atom. The maximum absolute atomic E-state index is 13.0. The van der Waals surface area contributed by atoms with Gasteiger partial charge in [-0.25, -0.2) is 13.6 Å². The lowest BCUT2D eigenvalue weighted by Gasteiger charge is -2.61. The van der Waals surface area contributed by atoms with Gasteiger partial charge in [-0.15, -0.1) is 11.6 Å². The number of carbonyl (C=O) groups excluding carboxylic acids is 2. The van der Waals surface area contributed by atoms with Gasteiger partial charge >= 0.3 is 5.97 Å². The minimum absolute atomic E-state index is 0.177. The highest BCUT2D eigenvalue weighted by Gasteiger charge is 2.70. The Hall–Kier alpha value is -0.910. The number of rotatable bonds is 4. The molecule has 1 atom stereocenters. The van der Waals surface area contributed by atoms with Crippen LogP contribution in [0.2, 0.25) is 0 Å². The van der Waals surface area contributed by atoms with E-state index in [1.807, 2.05) is 0 Å². The minimum Gasteiger partial charge on any atom is -0.464 e. The van der Waals surface area contributed by atoms with Crippen molar-refractivity contribution in [2.75, 3.05) is 6.61 Å². The molecule has 1 N–H and O–H groups in total. The van der Waals surface area contributed by atoms with Crippen LogP contribution in [0, 0.1) is 5.41 Å². The molecule has 0 aliphatic heterocycles. The maximum Gasteiger partial charge on any atom is 0.331 e. The number of nitrogens with one attached hydrogen (secondary N) is 1. The second-order valence-electron chi connectivity index (χ2n) is 5.97. The van der Waals surface area contributed by atoms with E-state index in [-0.39, 0.29) is 32.3 Å². The van der Waals surface area contributed by atoms with Crippen LogP contribution in [-0.4, -0.2) is 35.3 Å². The lowest BCUT2D eigenvalue weighted by Crippen LogP contribution is -2.71. The number of halogens is 3. The number of esters is 1. The normalized spacial score (nSPS) is 26.1. The average molecular weight is 310 g/mol. The molecule has 20 heavy (non-hydrogen) atoms. The highest BCUT2D eigenvalue weighted by Crippen LogP contribution is 2.66. The Bertz CT molecular complexity index is 423. The zero-order valence-electron chi connectivity index (χ0n) is 11.5. The van der Waals surface area contributed by atoms with Gasteiger partial charge < -0.3 is 10.1 Å². The molecule has 0 radical (unpaired) electrons. The number of carbonyl (C=O) groups is 2. The summed E-state index contributed by atoms with van der Waals surface area (Å²) in [5, 5.41) is 1.78. The number of ether oxygens (including phenoxy) is 1. The van der Waals surface area contributed by atoms with Crippen LogP contribution in [0.3, 0.4) is 0 Å². The van der Waals surface area contributed by atoms with Gasteiger partial charge in [0, 0.05) is 12.8 Å². The Kier molecular flexibility index (Phi) is 3.73. The summed E-state index contributed by atoms with van der Waals surface area (Å²) in [6.45, 7) is 3.32. The molecule has 0 bridgehead atoms. The minimum atomic E-state index is -2.65. The number of hydrogen-bond acceptors (Lipinski definition) is 3. The lowest BCUT2D eigenvalue weighted by atomic mass is 9.47. The van der Waals surface area contributed by atoms with E-state index in [9.17, 15) is 18.4 Å². The first-order valence-corrected chi connectivity index (χ1v) is 7.09. The second-order valence-corrected chi connectivity index (χ2v) is 6.63. The van der Waals surface area contributed by atoms with E-state index in [2.05, 4.69) is 5.32 Å². The molecule has 2 aliphatic rings. The molecule has 0 aromatic rings. The second kappa shape index (κ2) is 4.83. The highest BCUT2D eigenvalue weighted by atomic mass is 35.5. The fraction of sp³-hybridized carbons (Fsp3) is 0.846. The van der Waals surface area contributed by atoms with Crippen LogP contribution in [0.4, 0.5) is 8.78 Å². The first-order valence-electron chi connectivity index (χ1n) is 6.65. The van der Waals surface area contributed by atoms with Crippen LogP contribution in [0.1, 0.15) is 39.5 Å². The van der Waals surface area contributed by atoms with Crippen LogP contribution in [-0.2, 0) is 14.3 Å². The Morgan fingerprint density at radius 3 is 2.25 bits per heavy atom. The summed E-state index contributed by atoms with van der Waals surface area (Å²) in [5.74, 6) is -3.70. The van der Waals surface area contributed by atoms with E-state index in [1.165, 1.54) is 6.92 Å². The molecule has 114 valence electrons. The summed E-state index contributed by atoms with van der Waals surface area (Å²) in [6, 6.07) is 0. The predicted octanol–water partition coefficient (Wildman–Crippen LogP) is 2.24. The highest BCUT2D eigenvalue weighted by molar-refractivity contribution is 6.30. The molecule has 2 aliphatic carbocycles. The molecule has 1 amide bonds. The first kappa shape index (κ1) is 15.5. The van der Waals surface area contributed by atoms with Crippen molar-refractivity contribution in [3.63, 3.8) is 0 Å². The number of alkyl halides is 3. The van der Waals surface area contributed by atoms with Crippen LogP contribution in [0.15, 0.2) is 0 Å². The third-order valence-corrected chi connectivity index (χ3v) is 4.21. The first-order chi connectivity index (χ1) is 9.14. The van der Waals surface area contributed by atoms with Crippen molar-refractivity contribution in [2.45, 2.75) is 56.4 Å². The zero-order valence-corrected chi connectivity index (χ0v) is 12.2. The van der Waals surface area contributed by atoms with Gasteiger partial charge in [-0.05, 0) is 32.1 Å². The molecule has 1 unspecified atom stereocenters. The fourth-order valence-corrected chi connectivity index (χ4v) is 3.47. The molecular formula is C13H18ClF2NO3. The maximum atomic E-state index is 13.0. The summed E-state index contributed by atoms with van der Waals surface area (Å²) in [6.07, 6.45) is -0.0611. The topological polar surface area (TPSA) is 55.4 Å². The standard InChI is InChI=1S/C13H18ClF2NO3/c1-3-20-10(19)12(17-9(18)8(2)14)4-11(5-12)6-13(15,16)7-11/h8H,3-7H2,1-2H3,(H,17,18). The molecule has 2 saturated carbocycles. The van der Waals surface area contributed by atoms with Crippen LogP contribution < -0.4 is 5.32 Å². The van der Waals surface area contributed by atoms with Crippen molar-refractivity contribution in [1.29, 1.82) is 0 Å². The van der Waals surface area contributed by atoms with Gasteiger partial charge in [0.15, 0.2) is 0 Å². The molecule has 0 aromatic heterocycles. The third kappa shape index (κ3) is 2.62. The average Bonchev–Trinajstić information content (AvgIpc) is 2.23. The van der Waals surface area contributed by atoms with Crippen molar-refractivity contribution in [1.82, 2.24) is 5.32 Å². The Balaban J connectivity index is 2.06. The van der Waals surface area contributed by atoms with Crippen molar-refractivity contribution in [3.8, 4) is 0 Å². The van der Waals surface area contributed by atoms with Crippen molar-refractivity contribution in [3.05, 3.63) is 0 Å². The largest absolute Gasteiger partial charge is 0.464 e. The van der Waals surface area contributed by atoms with Gasteiger partial charge in [-0.2, -0.15) is 0 Å². The van der Waals surface area contributed by atoms with E-state index in [4.69, 9.17) is 16.3 Å². The summed E-state index contributed by atoms with van der Waals surface area (Å²) >= 11 is 5.68. The van der Waals surface area contributed by atoms with Gasteiger partial charge in [-0.3, -0.25) is 4.79 Å². The number of hydrogen-bond donors (Lipinski definition) is 1. The van der Waals surface area contributed by atoms with Crippen LogP contribution in [0.5, 0.6) is 0 Å². The summed E-state index contributed by atoms with van der Waals surface area (Å²) in [4.78, 5) is 23.7. The zero-order chi connectivity index (χ0) is 15.2. The molecule has 4 nitrogen and oxygen atoms in total. The predicted molar refractivity (Wildman–Crippen MR) is 68.7 cm³/mol. The van der Waals surface area contributed by atoms with Gasteiger partial charge in [0.05, 0.1) is 6.61 Å². The fourth-order valence-electron chi connectivity index (χ4n) is 3.41. The summed E-state index contributed by atoms with van der Waals surface area (Å²) in [7, 11) is 0. The van der Waals surface area contributed by atoms with E-state index < -0.39 is 34.1 Å². The number of amides is 1. The molecule has 2 fully saturated rings. The van der Waals surface area contributed by atoms with E-state index in [0.29, 0.717) is 0 Å². The molecular weight excluding hydrogens is 292 g/mol. The lowest BCUT2D eigenvalue weighted by molar-refractivity contribution is -0.223. The smallest absolute Gasteiger partial charge is 0.331 e. The van der Waals surface area contributed by atoms with Crippen LogP contribution >= 0.6 is 11.6 Å². The van der Waals surface area contributed by atoms with Gasteiger partial charge in [0.2, 0.25) is 11.8 Å². The Labute approximate surface area is 121 Å². The van der Waals surface area contributed by atoms with E-state index >= 15 is 0 Å². The van der Waals surface area contributed by atoms with E-state index in [0.717, 1.165) is 0 Å². The van der Waals surface area contributed by atoms with Crippen molar-refractivity contribution in [2.24, 2.45) is 5.41 Å². The van der Waals surface area contributed by atoms with Crippen molar-refractivity contribution < 1.29 is 23.1 Å². The molecule has 0 heterocycles. The summed E-state index contributed by atoms with van der Waals surface area (Å²) < 4.78 is 31.0. The van der Waals surface area contributed by atoms with Crippen LogP contribution in [0.25, 0.3) is 0 Å². The molecule has 0 saturated heterocycles. The van der Waals surface area contributed by atoms with Gasteiger partial charge in [0.1, 0.15) is 10.9 Å². The molecule has 7 heteroatoms.